The van der Waals surface area contributed by atoms with E-state index in [9.17, 15) is 10.1 Å². The van der Waals surface area contributed by atoms with Gasteiger partial charge in [-0.05, 0) is 6.07 Å². The summed E-state index contributed by atoms with van der Waals surface area (Å²) < 4.78 is 10.6. The van der Waals surface area contributed by atoms with Crippen molar-refractivity contribution in [2.24, 2.45) is 0 Å². The topological polar surface area (TPSA) is 73.6 Å². The molecule has 0 bridgehead atoms. The summed E-state index contributed by atoms with van der Waals surface area (Å²) in [6, 6.07) is 3.19. The first-order valence-corrected chi connectivity index (χ1v) is 5.64. The van der Waals surface area contributed by atoms with Crippen LogP contribution in [0.1, 0.15) is 0 Å². The Hall–Kier alpha value is -1.34. The zero-order chi connectivity index (χ0) is 12.8. The number of rotatable bonds is 6. The highest BCUT2D eigenvalue weighted by molar-refractivity contribution is 9.10. The SMILES string of the molecule is COCCNc1cc(Br)cc(OC)c1[N+](=O)[O-]. The van der Waals surface area contributed by atoms with Crippen LogP contribution in [-0.2, 0) is 4.74 Å². The maximum absolute atomic E-state index is 11.0. The van der Waals surface area contributed by atoms with E-state index in [1.54, 1.807) is 19.2 Å². The predicted molar refractivity (Wildman–Crippen MR) is 67.7 cm³/mol. The van der Waals surface area contributed by atoms with Crippen LogP contribution in [-0.4, -0.2) is 32.3 Å². The van der Waals surface area contributed by atoms with E-state index in [0.717, 1.165) is 0 Å². The number of ether oxygens (including phenoxy) is 2. The van der Waals surface area contributed by atoms with E-state index < -0.39 is 4.92 Å². The molecule has 1 rings (SSSR count). The summed E-state index contributed by atoms with van der Waals surface area (Å²) in [6.45, 7) is 0.947. The minimum absolute atomic E-state index is 0.0770. The van der Waals surface area contributed by atoms with Gasteiger partial charge in [-0.15, -0.1) is 0 Å². The molecule has 1 aromatic carbocycles. The number of nitro groups is 1. The molecule has 7 heteroatoms. The smallest absolute Gasteiger partial charge is 0.333 e. The molecule has 1 N–H and O–H groups in total. The second-order valence-electron chi connectivity index (χ2n) is 3.18. The van der Waals surface area contributed by atoms with Crippen molar-refractivity contribution in [1.29, 1.82) is 0 Å². The highest BCUT2D eigenvalue weighted by atomic mass is 79.9. The van der Waals surface area contributed by atoms with Gasteiger partial charge in [0.1, 0.15) is 5.69 Å². The normalized spacial score (nSPS) is 10.1. The predicted octanol–water partition coefficient (Wildman–Crippen LogP) is 2.42. The molecule has 0 aromatic heterocycles. The minimum atomic E-state index is -0.472. The Kier molecular flexibility index (Phi) is 5.17. The third kappa shape index (κ3) is 3.57. The molecule has 0 unspecified atom stereocenters. The first-order valence-electron chi connectivity index (χ1n) is 4.85. The Bertz CT molecular complexity index is 412. The van der Waals surface area contributed by atoms with Crippen LogP contribution < -0.4 is 10.1 Å². The van der Waals surface area contributed by atoms with Crippen LogP contribution >= 0.6 is 15.9 Å². The highest BCUT2D eigenvalue weighted by Gasteiger charge is 2.21. The van der Waals surface area contributed by atoms with Crippen LogP contribution in [0.4, 0.5) is 11.4 Å². The number of hydrogen-bond donors (Lipinski definition) is 1. The quantitative estimate of drug-likeness (QED) is 0.496. The molecule has 0 aliphatic rings. The Balaban J connectivity index is 3.07. The maximum Gasteiger partial charge on any atom is 0.333 e. The average Bonchev–Trinajstić information content (AvgIpc) is 2.28. The Morgan fingerprint density at radius 1 is 1.47 bits per heavy atom. The van der Waals surface area contributed by atoms with Gasteiger partial charge in [0.05, 0.1) is 18.6 Å². The number of nitrogens with zero attached hydrogens (tertiary/aromatic N) is 1. The summed E-state index contributed by atoms with van der Waals surface area (Å²) in [5.74, 6) is 0.212. The number of methoxy groups -OCH3 is 2. The molecule has 17 heavy (non-hydrogen) atoms. The molecule has 6 nitrogen and oxygen atoms in total. The van der Waals surface area contributed by atoms with E-state index in [1.807, 2.05) is 0 Å². The van der Waals surface area contributed by atoms with Crippen LogP contribution in [0.15, 0.2) is 16.6 Å². The fraction of sp³-hybridized carbons (Fsp3) is 0.400. The van der Waals surface area contributed by atoms with E-state index in [0.29, 0.717) is 23.3 Å². The number of nitro benzene ring substituents is 1. The third-order valence-electron chi connectivity index (χ3n) is 2.06. The van der Waals surface area contributed by atoms with Crippen molar-refractivity contribution >= 4 is 27.3 Å². The van der Waals surface area contributed by atoms with Crippen molar-refractivity contribution in [3.05, 3.63) is 26.7 Å². The van der Waals surface area contributed by atoms with Crippen molar-refractivity contribution in [2.45, 2.75) is 0 Å². The summed E-state index contributed by atoms with van der Waals surface area (Å²) in [7, 11) is 2.96. The van der Waals surface area contributed by atoms with E-state index in [-0.39, 0.29) is 11.4 Å². The zero-order valence-electron chi connectivity index (χ0n) is 9.53. The Morgan fingerprint density at radius 3 is 2.71 bits per heavy atom. The lowest BCUT2D eigenvalue weighted by Crippen LogP contribution is -2.09. The maximum atomic E-state index is 11.0. The number of nitrogens with one attached hydrogen (secondary N) is 1. The molecule has 0 spiro atoms. The average molecular weight is 305 g/mol. The lowest BCUT2D eigenvalue weighted by molar-refractivity contribution is -0.384. The first kappa shape index (κ1) is 13.7. The highest BCUT2D eigenvalue weighted by Crippen LogP contribution is 2.37. The molecule has 0 saturated carbocycles. The zero-order valence-corrected chi connectivity index (χ0v) is 11.1. The third-order valence-corrected chi connectivity index (χ3v) is 2.52. The molecule has 0 heterocycles. The van der Waals surface area contributed by atoms with Crippen LogP contribution in [0, 0.1) is 10.1 Å². The largest absolute Gasteiger partial charge is 0.490 e. The van der Waals surface area contributed by atoms with Crippen molar-refractivity contribution in [3.63, 3.8) is 0 Å². The van der Waals surface area contributed by atoms with E-state index in [4.69, 9.17) is 9.47 Å². The van der Waals surface area contributed by atoms with E-state index in [2.05, 4.69) is 21.2 Å². The van der Waals surface area contributed by atoms with Gasteiger partial charge in [0.25, 0.3) is 0 Å². The minimum Gasteiger partial charge on any atom is -0.490 e. The van der Waals surface area contributed by atoms with Gasteiger partial charge in [0.15, 0.2) is 5.75 Å². The van der Waals surface area contributed by atoms with Crippen molar-refractivity contribution < 1.29 is 14.4 Å². The fourth-order valence-corrected chi connectivity index (χ4v) is 1.78. The summed E-state index contributed by atoms with van der Waals surface area (Å²) in [6.07, 6.45) is 0. The van der Waals surface area contributed by atoms with Crippen molar-refractivity contribution in [3.8, 4) is 5.75 Å². The summed E-state index contributed by atoms with van der Waals surface area (Å²) in [5.41, 5.74) is 0.324. The van der Waals surface area contributed by atoms with Gasteiger partial charge in [-0.2, -0.15) is 0 Å². The Labute approximate surface area is 107 Å². The first-order chi connectivity index (χ1) is 8.10. The molecule has 1 aromatic rings. The summed E-state index contributed by atoms with van der Waals surface area (Å²) in [4.78, 5) is 10.5. The molecular formula is C10H13BrN2O4. The van der Waals surface area contributed by atoms with Crippen LogP contribution in [0.5, 0.6) is 5.75 Å². The molecule has 0 radical (unpaired) electrons. The van der Waals surface area contributed by atoms with Crippen LogP contribution in [0.3, 0.4) is 0 Å². The molecule has 0 aliphatic carbocycles. The standard InChI is InChI=1S/C10H13BrN2O4/c1-16-4-3-12-8-5-7(11)6-9(17-2)10(8)13(14)15/h5-6,12H,3-4H2,1-2H3. The van der Waals surface area contributed by atoms with Gasteiger partial charge >= 0.3 is 5.69 Å². The summed E-state index contributed by atoms with van der Waals surface area (Å²) >= 11 is 3.27. The fourth-order valence-electron chi connectivity index (χ4n) is 1.34. The lowest BCUT2D eigenvalue weighted by atomic mass is 10.2. The molecule has 0 aliphatic heterocycles. The van der Waals surface area contributed by atoms with E-state index in [1.165, 1.54) is 7.11 Å². The number of benzene rings is 1. The van der Waals surface area contributed by atoms with Crippen LogP contribution in [0.25, 0.3) is 0 Å². The number of halogens is 1. The summed E-state index contributed by atoms with van der Waals surface area (Å²) in [5, 5.41) is 13.9. The van der Waals surface area contributed by atoms with Crippen molar-refractivity contribution in [2.75, 3.05) is 32.7 Å². The molecule has 0 atom stereocenters. The van der Waals surface area contributed by atoms with Gasteiger partial charge in [-0.25, -0.2) is 0 Å². The molecule has 0 amide bonds. The van der Waals surface area contributed by atoms with Gasteiger partial charge in [0, 0.05) is 24.2 Å². The van der Waals surface area contributed by atoms with Crippen molar-refractivity contribution in [1.82, 2.24) is 0 Å². The second-order valence-corrected chi connectivity index (χ2v) is 4.10. The molecule has 0 fully saturated rings. The van der Waals surface area contributed by atoms with Crippen LogP contribution in [0.2, 0.25) is 0 Å². The Morgan fingerprint density at radius 2 is 2.18 bits per heavy atom. The van der Waals surface area contributed by atoms with E-state index >= 15 is 0 Å². The van der Waals surface area contributed by atoms with Gasteiger partial charge < -0.3 is 14.8 Å². The van der Waals surface area contributed by atoms with Gasteiger partial charge in [0.2, 0.25) is 0 Å². The number of anilines is 1. The van der Waals surface area contributed by atoms with Gasteiger partial charge in [-0.3, -0.25) is 10.1 Å². The molecule has 94 valence electrons. The molecular weight excluding hydrogens is 292 g/mol. The van der Waals surface area contributed by atoms with Gasteiger partial charge in [-0.1, -0.05) is 15.9 Å². The second kappa shape index (κ2) is 6.41. The number of hydrogen-bond acceptors (Lipinski definition) is 5. The molecule has 0 saturated heterocycles. The monoisotopic (exact) mass is 304 g/mol. The lowest BCUT2D eigenvalue weighted by Gasteiger charge is -2.10.